The number of aromatic nitrogens is 2. The summed E-state index contributed by atoms with van der Waals surface area (Å²) in [7, 11) is 3.01. The van der Waals surface area contributed by atoms with Gasteiger partial charge < -0.3 is 10.0 Å². The van der Waals surface area contributed by atoms with Crippen LogP contribution in [0.1, 0.15) is 31.2 Å². The molecule has 2 saturated heterocycles. The number of anilines is 1. The van der Waals surface area contributed by atoms with Crippen LogP contribution in [0.2, 0.25) is 0 Å². The van der Waals surface area contributed by atoms with Crippen molar-refractivity contribution >= 4 is 16.7 Å². The molecule has 6 heteroatoms. The predicted molar refractivity (Wildman–Crippen MR) is 74.4 cm³/mol. The molecule has 2 fully saturated rings. The van der Waals surface area contributed by atoms with E-state index in [0.29, 0.717) is 18.8 Å². The maximum absolute atomic E-state index is 12.0. The minimum atomic E-state index is -0.898. The average Bonchev–Trinajstić information content (AvgIpc) is 2.63. The van der Waals surface area contributed by atoms with E-state index in [1.54, 1.807) is 12.4 Å². The Bertz CT molecular complexity index is 487. The SMILES string of the molecule is CN(C)c1ncc(C2(O)CC3CCC(C2)S3=O)cn1. The first-order valence-corrected chi connectivity index (χ1v) is 7.89. The van der Waals surface area contributed by atoms with Crippen molar-refractivity contribution < 1.29 is 9.32 Å². The monoisotopic (exact) mass is 281 g/mol. The highest BCUT2D eigenvalue weighted by Gasteiger charge is 2.48. The minimum Gasteiger partial charge on any atom is -0.385 e. The van der Waals surface area contributed by atoms with Gasteiger partial charge in [0.05, 0.1) is 5.60 Å². The lowest BCUT2D eigenvalue weighted by Gasteiger charge is -2.35. The molecule has 2 bridgehead atoms. The van der Waals surface area contributed by atoms with Gasteiger partial charge in [-0.2, -0.15) is 0 Å². The normalized spacial score (nSPS) is 37.3. The quantitative estimate of drug-likeness (QED) is 0.868. The van der Waals surface area contributed by atoms with E-state index in [1.807, 2.05) is 19.0 Å². The summed E-state index contributed by atoms with van der Waals surface area (Å²) in [4.78, 5) is 10.4. The molecular weight excluding hydrogens is 262 g/mol. The van der Waals surface area contributed by atoms with Gasteiger partial charge in [0.25, 0.3) is 0 Å². The van der Waals surface area contributed by atoms with Crippen molar-refractivity contribution in [2.75, 3.05) is 19.0 Å². The third-order valence-electron chi connectivity index (χ3n) is 4.17. The molecule has 1 aromatic rings. The van der Waals surface area contributed by atoms with Gasteiger partial charge in [-0.05, 0) is 25.7 Å². The topological polar surface area (TPSA) is 66.3 Å². The molecule has 3 rings (SSSR count). The van der Waals surface area contributed by atoms with Crippen LogP contribution >= 0.6 is 0 Å². The number of fused-ring (bicyclic) bond motifs is 2. The molecule has 0 saturated carbocycles. The summed E-state index contributed by atoms with van der Waals surface area (Å²) >= 11 is 0. The van der Waals surface area contributed by atoms with Gasteiger partial charge in [0, 0.05) is 53.4 Å². The Balaban J connectivity index is 1.87. The van der Waals surface area contributed by atoms with Gasteiger partial charge in [-0.15, -0.1) is 0 Å². The van der Waals surface area contributed by atoms with Gasteiger partial charge in [0.2, 0.25) is 5.95 Å². The van der Waals surface area contributed by atoms with E-state index in [9.17, 15) is 9.32 Å². The summed E-state index contributed by atoms with van der Waals surface area (Å²) in [5.74, 6) is 0.634. The van der Waals surface area contributed by atoms with Gasteiger partial charge >= 0.3 is 0 Å². The van der Waals surface area contributed by atoms with E-state index >= 15 is 0 Å². The number of rotatable bonds is 2. The van der Waals surface area contributed by atoms with Crippen LogP contribution < -0.4 is 4.90 Å². The van der Waals surface area contributed by atoms with Crippen molar-refractivity contribution in [1.29, 1.82) is 0 Å². The molecular formula is C13H19N3O2S. The van der Waals surface area contributed by atoms with Crippen molar-refractivity contribution in [3.05, 3.63) is 18.0 Å². The highest BCUT2D eigenvalue weighted by atomic mass is 32.2. The maximum atomic E-state index is 12.0. The molecule has 104 valence electrons. The third kappa shape index (κ3) is 2.17. The Kier molecular flexibility index (Phi) is 3.09. The summed E-state index contributed by atoms with van der Waals surface area (Å²) in [6.07, 6.45) is 6.49. The first-order chi connectivity index (χ1) is 8.99. The second-order valence-corrected chi connectivity index (χ2v) is 7.75. The van der Waals surface area contributed by atoms with E-state index in [0.717, 1.165) is 18.4 Å². The second-order valence-electron chi connectivity index (χ2n) is 5.76. The summed E-state index contributed by atoms with van der Waals surface area (Å²) in [5, 5.41) is 11.1. The first kappa shape index (κ1) is 13.0. The molecule has 0 aromatic carbocycles. The summed E-state index contributed by atoms with van der Waals surface area (Å²) in [6.45, 7) is 0. The minimum absolute atomic E-state index is 0.136. The first-order valence-electron chi connectivity index (χ1n) is 6.61. The summed E-state index contributed by atoms with van der Waals surface area (Å²) in [5.41, 5.74) is -0.142. The lowest BCUT2D eigenvalue weighted by atomic mass is 9.88. The maximum Gasteiger partial charge on any atom is 0.224 e. The third-order valence-corrected chi connectivity index (χ3v) is 6.29. The zero-order valence-electron chi connectivity index (χ0n) is 11.2. The highest BCUT2D eigenvalue weighted by Crippen LogP contribution is 2.45. The standard InChI is InChI=1S/C13H19N3O2S/c1-16(2)12-14-7-9(8-15-12)13(17)5-10-3-4-11(6-13)19(10)18/h7-8,10-11,17H,3-6H2,1-2H3. The van der Waals surface area contributed by atoms with Gasteiger partial charge in [0.1, 0.15) is 0 Å². The lowest BCUT2D eigenvalue weighted by molar-refractivity contribution is 0.0178. The van der Waals surface area contributed by atoms with Crippen molar-refractivity contribution in [2.45, 2.75) is 41.8 Å². The Morgan fingerprint density at radius 3 is 2.26 bits per heavy atom. The zero-order chi connectivity index (χ0) is 13.6. The largest absolute Gasteiger partial charge is 0.385 e. The van der Waals surface area contributed by atoms with E-state index in [4.69, 9.17) is 0 Å². The molecule has 2 atom stereocenters. The van der Waals surface area contributed by atoms with Crippen molar-refractivity contribution in [1.82, 2.24) is 9.97 Å². The molecule has 1 N–H and O–H groups in total. The van der Waals surface area contributed by atoms with E-state index in [2.05, 4.69) is 9.97 Å². The van der Waals surface area contributed by atoms with Crippen molar-refractivity contribution in [2.24, 2.45) is 0 Å². The molecule has 2 aliphatic rings. The van der Waals surface area contributed by atoms with Crippen LogP contribution in [0.4, 0.5) is 5.95 Å². The van der Waals surface area contributed by atoms with E-state index in [1.165, 1.54) is 0 Å². The van der Waals surface area contributed by atoms with Gasteiger partial charge in [0.15, 0.2) is 0 Å². The van der Waals surface area contributed by atoms with Crippen LogP contribution in [-0.4, -0.2) is 43.9 Å². The molecule has 0 radical (unpaired) electrons. The van der Waals surface area contributed by atoms with Crippen LogP contribution in [0.15, 0.2) is 12.4 Å². The molecule has 2 unspecified atom stereocenters. The fourth-order valence-electron chi connectivity index (χ4n) is 3.11. The summed E-state index contributed by atoms with van der Waals surface area (Å²) < 4.78 is 12.0. The van der Waals surface area contributed by atoms with Gasteiger partial charge in [-0.3, -0.25) is 4.21 Å². The fraction of sp³-hybridized carbons (Fsp3) is 0.692. The lowest BCUT2D eigenvalue weighted by Crippen LogP contribution is -2.40. The highest BCUT2D eigenvalue weighted by molar-refractivity contribution is 7.86. The molecule has 3 heterocycles. The number of aliphatic hydroxyl groups is 1. The number of hydrogen-bond acceptors (Lipinski definition) is 5. The van der Waals surface area contributed by atoms with Crippen LogP contribution in [0, 0.1) is 0 Å². The molecule has 5 nitrogen and oxygen atoms in total. The van der Waals surface area contributed by atoms with Gasteiger partial charge in [-0.1, -0.05) is 0 Å². The van der Waals surface area contributed by atoms with Crippen LogP contribution in [0.3, 0.4) is 0 Å². The molecule has 0 spiro atoms. The zero-order valence-corrected chi connectivity index (χ0v) is 12.1. The Morgan fingerprint density at radius 1 is 1.26 bits per heavy atom. The Labute approximate surface area is 115 Å². The van der Waals surface area contributed by atoms with E-state index in [-0.39, 0.29) is 10.5 Å². The smallest absolute Gasteiger partial charge is 0.224 e. The Hall–Kier alpha value is -1.01. The van der Waals surface area contributed by atoms with Crippen LogP contribution in [0.25, 0.3) is 0 Å². The molecule has 1 aromatic heterocycles. The average molecular weight is 281 g/mol. The molecule has 0 aliphatic carbocycles. The predicted octanol–water partition coefficient (Wildman–Crippen LogP) is 0.804. The molecule has 19 heavy (non-hydrogen) atoms. The fourth-order valence-corrected chi connectivity index (χ4v) is 5.27. The van der Waals surface area contributed by atoms with Crippen LogP contribution in [-0.2, 0) is 16.4 Å². The molecule has 2 aliphatic heterocycles. The number of hydrogen-bond donors (Lipinski definition) is 1. The van der Waals surface area contributed by atoms with Gasteiger partial charge in [-0.25, -0.2) is 9.97 Å². The number of nitrogens with zero attached hydrogens (tertiary/aromatic N) is 3. The molecule has 0 amide bonds. The Morgan fingerprint density at radius 2 is 1.79 bits per heavy atom. The second kappa shape index (κ2) is 4.52. The van der Waals surface area contributed by atoms with Crippen LogP contribution in [0.5, 0.6) is 0 Å². The van der Waals surface area contributed by atoms with Crippen molar-refractivity contribution in [3.8, 4) is 0 Å². The summed E-state index contributed by atoms with van der Waals surface area (Å²) in [6, 6.07) is 0. The van der Waals surface area contributed by atoms with Crippen molar-refractivity contribution in [3.63, 3.8) is 0 Å². The van der Waals surface area contributed by atoms with E-state index < -0.39 is 16.4 Å².